The van der Waals surface area contributed by atoms with Crippen LogP contribution in [0.15, 0.2) is 36.7 Å². The first kappa shape index (κ1) is 28.0. The number of β-amino-alcohol motifs (C(OH)–C–C–N with tert-alkyl or cyclic N) is 1. The van der Waals surface area contributed by atoms with E-state index in [1.165, 1.54) is 22.4 Å². The molecule has 214 valence electrons. The third-order valence-electron chi connectivity index (χ3n) is 8.49. The van der Waals surface area contributed by atoms with Crippen LogP contribution in [-0.2, 0) is 22.6 Å². The standard InChI is InChI=1S/C29H39N7O4/c1-34(2)27(39)28(40)36-11-8-29(9-12-36)14-22(15-29)33-25-13-24(31-19-32-25)26(38)30-16-23(37)18-35-10-7-20-5-3-4-6-21(20)17-35/h3-6,13,19,22-23,37H,7-12,14-18H2,1-2H3,(H,30,38)(H,31,32,33)/t23-/m0/s1. The Labute approximate surface area is 235 Å². The van der Waals surface area contributed by atoms with Crippen molar-refractivity contribution >= 4 is 23.5 Å². The summed E-state index contributed by atoms with van der Waals surface area (Å²) < 4.78 is 0. The molecule has 11 heteroatoms. The monoisotopic (exact) mass is 549 g/mol. The van der Waals surface area contributed by atoms with Gasteiger partial charge in [-0.05, 0) is 48.6 Å². The maximum Gasteiger partial charge on any atom is 0.312 e. The third-order valence-corrected chi connectivity index (χ3v) is 8.49. The van der Waals surface area contributed by atoms with Crippen molar-refractivity contribution in [3.8, 4) is 0 Å². The fraction of sp³-hybridized carbons (Fsp3) is 0.552. The van der Waals surface area contributed by atoms with Gasteiger partial charge >= 0.3 is 11.8 Å². The Hall–Kier alpha value is -3.57. The molecule has 1 saturated heterocycles. The van der Waals surface area contributed by atoms with Crippen molar-refractivity contribution in [2.45, 2.75) is 50.8 Å². The summed E-state index contributed by atoms with van der Waals surface area (Å²) in [6.45, 7) is 3.52. The van der Waals surface area contributed by atoms with Crippen molar-refractivity contribution in [2.24, 2.45) is 5.41 Å². The summed E-state index contributed by atoms with van der Waals surface area (Å²) >= 11 is 0. The lowest BCUT2D eigenvalue weighted by Crippen LogP contribution is -2.54. The first-order valence-corrected chi connectivity index (χ1v) is 14.1. The van der Waals surface area contributed by atoms with E-state index in [-0.39, 0.29) is 29.6 Å². The largest absolute Gasteiger partial charge is 0.390 e. The summed E-state index contributed by atoms with van der Waals surface area (Å²) in [5.74, 6) is -0.652. The number of aliphatic hydroxyl groups excluding tert-OH is 1. The minimum atomic E-state index is -0.678. The summed E-state index contributed by atoms with van der Waals surface area (Å²) in [4.78, 5) is 50.6. The minimum Gasteiger partial charge on any atom is -0.390 e. The molecule has 3 heterocycles. The van der Waals surface area contributed by atoms with E-state index in [0.717, 1.165) is 45.2 Å². The van der Waals surface area contributed by atoms with Crippen molar-refractivity contribution in [1.82, 2.24) is 30.0 Å². The third kappa shape index (κ3) is 6.42. The molecule has 2 aromatic rings. The van der Waals surface area contributed by atoms with Gasteiger partial charge in [0.15, 0.2) is 0 Å². The van der Waals surface area contributed by atoms with E-state index in [1.807, 2.05) is 6.07 Å². The molecule has 0 unspecified atom stereocenters. The molecule has 1 aliphatic carbocycles. The van der Waals surface area contributed by atoms with Crippen LogP contribution in [0.2, 0.25) is 0 Å². The van der Waals surface area contributed by atoms with Gasteiger partial charge in [-0.1, -0.05) is 24.3 Å². The van der Waals surface area contributed by atoms with E-state index < -0.39 is 17.9 Å². The van der Waals surface area contributed by atoms with Crippen LogP contribution in [-0.4, -0.2) is 106 Å². The molecule has 0 bridgehead atoms. The molecule has 5 rings (SSSR count). The fourth-order valence-corrected chi connectivity index (χ4v) is 6.15. The Balaban J connectivity index is 1.04. The Morgan fingerprint density at radius 2 is 1.82 bits per heavy atom. The molecule has 3 aliphatic rings. The molecule has 11 nitrogen and oxygen atoms in total. The van der Waals surface area contributed by atoms with Crippen molar-refractivity contribution in [3.63, 3.8) is 0 Å². The number of aromatic nitrogens is 2. The second-order valence-corrected chi connectivity index (χ2v) is 11.6. The lowest BCUT2D eigenvalue weighted by Gasteiger charge is -2.52. The maximum atomic E-state index is 12.7. The second-order valence-electron chi connectivity index (χ2n) is 11.6. The first-order chi connectivity index (χ1) is 19.2. The lowest BCUT2D eigenvalue weighted by atomic mass is 9.60. The molecule has 40 heavy (non-hydrogen) atoms. The maximum absolute atomic E-state index is 12.7. The molecule has 2 aliphatic heterocycles. The van der Waals surface area contributed by atoms with E-state index in [0.29, 0.717) is 25.5 Å². The number of fused-ring (bicyclic) bond motifs is 1. The average molecular weight is 550 g/mol. The van der Waals surface area contributed by atoms with E-state index in [4.69, 9.17) is 0 Å². The highest BCUT2D eigenvalue weighted by molar-refractivity contribution is 6.34. The number of hydrogen-bond acceptors (Lipinski definition) is 8. The Bertz CT molecular complexity index is 1240. The Morgan fingerprint density at radius 1 is 1.10 bits per heavy atom. The normalized spacial score (nSPS) is 19.3. The van der Waals surface area contributed by atoms with Gasteiger partial charge in [0, 0.05) is 65.5 Å². The van der Waals surface area contributed by atoms with Gasteiger partial charge in [-0.15, -0.1) is 0 Å². The highest BCUT2D eigenvalue weighted by atomic mass is 16.3. The van der Waals surface area contributed by atoms with Gasteiger partial charge in [-0.3, -0.25) is 19.3 Å². The summed E-state index contributed by atoms with van der Waals surface area (Å²) in [6.07, 6.45) is 5.32. The van der Waals surface area contributed by atoms with E-state index >= 15 is 0 Å². The number of rotatable bonds is 7. The van der Waals surface area contributed by atoms with Gasteiger partial charge in [0.25, 0.3) is 5.91 Å². The summed E-state index contributed by atoms with van der Waals surface area (Å²) in [7, 11) is 3.19. The van der Waals surface area contributed by atoms with Gasteiger partial charge in [0.2, 0.25) is 0 Å². The second kappa shape index (κ2) is 11.9. The van der Waals surface area contributed by atoms with Crippen LogP contribution < -0.4 is 10.6 Å². The summed E-state index contributed by atoms with van der Waals surface area (Å²) in [6, 6.07) is 10.2. The van der Waals surface area contributed by atoms with Crippen LogP contribution in [0.5, 0.6) is 0 Å². The highest BCUT2D eigenvalue weighted by Crippen LogP contribution is 2.49. The number of nitrogens with zero attached hydrogens (tertiary/aromatic N) is 5. The molecular formula is C29H39N7O4. The van der Waals surface area contributed by atoms with Gasteiger partial charge in [0.05, 0.1) is 6.10 Å². The van der Waals surface area contributed by atoms with E-state index in [1.54, 1.807) is 25.1 Å². The molecule has 1 spiro atoms. The fourth-order valence-electron chi connectivity index (χ4n) is 6.15. The first-order valence-electron chi connectivity index (χ1n) is 14.1. The van der Waals surface area contributed by atoms with Gasteiger partial charge < -0.3 is 25.5 Å². The minimum absolute atomic E-state index is 0.147. The molecule has 1 aromatic carbocycles. The number of anilines is 1. The molecule has 3 amide bonds. The van der Waals surface area contributed by atoms with E-state index in [2.05, 4.69) is 43.7 Å². The highest BCUT2D eigenvalue weighted by Gasteiger charge is 2.47. The zero-order chi connectivity index (χ0) is 28.3. The summed E-state index contributed by atoms with van der Waals surface area (Å²) in [5, 5.41) is 16.7. The molecule has 3 N–H and O–H groups in total. The number of piperidine rings is 1. The molecule has 1 saturated carbocycles. The Kier molecular flexibility index (Phi) is 8.32. The number of hydrogen-bond donors (Lipinski definition) is 3. The van der Waals surface area contributed by atoms with E-state index in [9.17, 15) is 19.5 Å². The number of benzene rings is 1. The number of carbonyl (C=O) groups excluding carboxylic acids is 3. The number of nitrogens with one attached hydrogen (secondary N) is 2. The molecular weight excluding hydrogens is 510 g/mol. The number of likely N-dealkylation sites (N-methyl/N-ethyl adjacent to an activating group) is 1. The predicted molar refractivity (Wildman–Crippen MR) is 149 cm³/mol. The molecule has 1 atom stereocenters. The summed E-state index contributed by atoms with van der Waals surface area (Å²) in [5.41, 5.74) is 3.08. The van der Waals surface area contributed by atoms with Gasteiger partial charge in [0.1, 0.15) is 17.8 Å². The van der Waals surface area contributed by atoms with Crippen LogP contribution in [0.3, 0.4) is 0 Å². The van der Waals surface area contributed by atoms with Gasteiger partial charge in [-0.25, -0.2) is 9.97 Å². The topological polar surface area (TPSA) is 131 Å². The van der Waals surface area contributed by atoms with Crippen LogP contribution in [0.1, 0.15) is 47.3 Å². The number of carbonyl (C=O) groups is 3. The number of likely N-dealkylation sites (tertiary alicyclic amines) is 1. The molecule has 0 radical (unpaired) electrons. The van der Waals surface area contributed by atoms with Crippen LogP contribution in [0.4, 0.5) is 5.82 Å². The van der Waals surface area contributed by atoms with Crippen molar-refractivity contribution in [2.75, 3.05) is 52.1 Å². The van der Waals surface area contributed by atoms with Crippen molar-refractivity contribution in [1.29, 1.82) is 0 Å². The van der Waals surface area contributed by atoms with Gasteiger partial charge in [-0.2, -0.15) is 0 Å². The van der Waals surface area contributed by atoms with Crippen LogP contribution >= 0.6 is 0 Å². The zero-order valence-corrected chi connectivity index (χ0v) is 23.3. The molecule has 2 fully saturated rings. The predicted octanol–water partition coefficient (Wildman–Crippen LogP) is 0.897. The smallest absolute Gasteiger partial charge is 0.312 e. The number of aliphatic hydroxyl groups is 1. The SMILES string of the molecule is CN(C)C(=O)C(=O)N1CCC2(CC1)CC(Nc1cc(C(=O)NC[C@H](O)CN3CCc4ccccc4C3)ncn1)C2. The quantitative estimate of drug-likeness (QED) is 0.434. The van der Waals surface area contributed by atoms with Crippen LogP contribution in [0.25, 0.3) is 0 Å². The van der Waals surface area contributed by atoms with Crippen LogP contribution in [0, 0.1) is 5.41 Å². The Morgan fingerprint density at radius 3 is 2.55 bits per heavy atom. The average Bonchev–Trinajstić information content (AvgIpc) is 2.94. The molecule has 1 aromatic heterocycles. The zero-order valence-electron chi connectivity index (χ0n) is 23.3. The van der Waals surface area contributed by atoms with Crippen molar-refractivity contribution in [3.05, 3.63) is 53.5 Å². The lowest BCUT2D eigenvalue weighted by molar-refractivity contribution is -0.152. The van der Waals surface area contributed by atoms with Crippen molar-refractivity contribution < 1.29 is 19.5 Å². The number of amides is 3.